The second-order valence-electron chi connectivity index (χ2n) is 4.91. The van der Waals surface area contributed by atoms with Gasteiger partial charge in [0, 0.05) is 26.3 Å². The fourth-order valence-corrected chi connectivity index (χ4v) is 2.93. The molecular weight excluding hydrogens is 316 g/mol. The molecule has 0 fully saturated rings. The molecule has 0 saturated heterocycles. The first-order chi connectivity index (χ1) is 11.1. The van der Waals surface area contributed by atoms with E-state index in [0.29, 0.717) is 35.7 Å². The largest absolute Gasteiger partial charge is 0.479 e. The van der Waals surface area contributed by atoms with Gasteiger partial charge in [-0.05, 0) is 13.3 Å². The number of carbonyl (C=O) groups excluding carboxylic acids is 1. The van der Waals surface area contributed by atoms with Gasteiger partial charge in [0.15, 0.2) is 11.0 Å². The van der Waals surface area contributed by atoms with Crippen LogP contribution in [0.4, 0.5) is 0 Å². The van der Waals surface area contributed by atoms with Gasteiger partial charge < -0.3 is 14.6 Å². The molecule has 0 aliphatic heterocycles. The lowest BCUT2D eigenvalue weighted by Gasteiger charge is -2.07. The molecule has 0 aliphatic carbocycles. The number of aromatic nitrogens is 5. The van der Waals surface area contributed by atoms with Crippen molar-refractivity contribution in [2.24, 2.45) is 7.05 Å². The van der Waals surface area contributed by atoms with Gasteiger partial charge in [0.2, 0.25) is 11.8 Å². The van der Waals surface area contributed by atoms with E-state index in [0.717, 1.165) is 12.0 Å². The van der Waals surface area contributed by atoms with Crippen LogP contribution in [0.1, 0.15) is 20.3 Å². The first kappa shape index (κ1) is 17.3. The fourth-order valence-electron chi connectivity index (χ4n) is 2.10. The number of methoxy groups -OCH3 is 1. The van der Waals surface area contributed by atoms with Gasteiger partial charge in [-0.3, -0.25) is 9.48 Å². The van der Waals surface area contributed by atoms with E-state index >= 15 is 0 Å². The summed E-state index contributed by atoms with van der Waals surface area (Å²) in [5.74, 6) is 1.52. The molecule has 2 aromatic rings. The number of hydrogen-bond acceptors (Lipinski definition) is 6. The lowest BCUT2D eigenvalue weighted by Crippen LogP contribution is -2.25. The standard InChI is InChI=1S/C14H22N6O2S/c1-5-7-15-11(21)9-23-14-17-16-12(20(14)6-2)10-8-19(3)18-13(10)22-4/h8H,5-7,9H2,1-4H3,(H,15,21). The number of aryl methyl sites for hydroxylation is 1. The van der Waals surface area contributed by atoms with Crippen molar-refractivity contribution >= 4 is 17.7 Å². The van der Waals surface area contributed by atoms with Crippen molar-refractivity contribution in [2.75, 3.05) is 19.4 Å². The number of nitrogens with one attached hydrogen (secondary N) is 1. The molecule has 2 aromatic heterocycles. The smallest absolute Gasteiger partial charge is 0.243 e. The first-order valence-electron chi connectivity index (χ1n) is 7.51. The summed E-state index contributed by atoms with van der Waals surface area (Å²) in [5, 5.41) is 16.2. The highest BCUT2D eigenvalue weighted by Crippen LogP contribution is 2.29. The molecule has 0 radical (unpaired) electrons. The molecule has 9 heteroatoms. The molecule has 0 unspecified atom stereocenters. The van der Waals surface area contributed by atoms with E-state index in [4.69, 9.17) is 4.74 Å². The molecule has 126 valence electrons. The van der Waals surface area contributed by atoms with Crippen molar-refractivity contribution < 1.29 is 9.53 Å². The maximum absolute atomic E-state index is 11.7. The Hall–Kier alpha value is -2.03. The number of nitrogens with zero attached hydrogens (tertiary/aromatic N) is 5. The SMILES string of the molecule is CCCNC(=O)CSc1nnc(-c2cn(C)nc2OC)n1CC. The Morgan fingerprint density at radius 3 is 2.83 bits per heavy atom. The van der Waals surface area contributed by atoms with Gasteiger partial charge in [-0.1, -0.05) is 18.7 Å². The summed E-state index contributed by atoms with van der Waals surface area (Å²) < 4.78 is 8.92. The topological polar surface area (TPSA) is 86.9 Å². The summed E-state index contributed by atoms with van der Waals surface area (Å²) in [5.41, 5.74) is 0.784. The third-order valence-electron chi connectivity index (χ3n) is 3.17. The van der Waals surface area contributed by atoms with Crippen LogP contribution in [0.15, 0.2) is 11.4 Å². The van der Waals surface area contributed by atoms with E-state index in [1.54, 1.807) is 11.8 Å². The average Bonchev–Trinajstić information content (AvgIpc) is 3.12. The third kappa shape index (κ3) is 4.04. The van der Waals surface area contributed by atoms with Crippen molar-refractivity contribution in [3.05, 3.63) is 6.20 Å². The lowest BCUT2D eigenvalue weighted by molar-refractivity contribution is -0.118. The zero-order valence-corrected chi connectivity index (χ0v) is 14.7. The zero-order valence-electron chi connectivity index (χ0n) is 13.9. The minimum absolute atomic E-state index is 0.00279. The van der Waals surface area contributed by atoms with Crippen molar-refractivity contribution in [3.63, 3.8) is 0 Å². The molecule has 1 N–H and O–H groups in total. The average molecular weight is 338 g/mol. The molecule has 0 bridgehead atoms. The van der Waals surface area contributed by atoms with Crippen LogP contribution in [0.3, 0.4) is 0 Å². The van der Waals surface area contributed by atoms with E-state index in [1.807, 2.05) is 31.7 Å². The third-order valence-corrected chi connectivity index (χ3v) is 4.13. The van der Waals surface area contributed by atoms with E-state index in [-0.39, 0.29) is 5.91 Å². The van der Waals surface area contributed by atoms with Crippen LogP contribution in [0.2, 0.25) is 0 Å². The maximum Gasteiger partial charge on any atom is 0.243 e. The maximum atomic E-state index is 11.7. The van der Waals surface area contributed by atoms with Crippen LogP contribution in [-0.4, -0.2) is 49.9 Å². The molecule has 0 atom stereocenters. The van der Waals surface area contributed by atoms with E-state index in [9.17, 15) is 4.79 Å². The summed E-state index contributed by atoms with van der Waals surface area (Å²) in [4.78, 5) is 11.7. The van der Waals surface area contributed by atoms with Crippen LogP contribution < -0.4 is 10.1 Å². The minimum Gasteiger partial charge on any atom is -0.479 e. The Kier molecular flexibility index (Phi) is 6.03. The van der Waals surface area contributed by atoms with Crippen LogP contribution in [0, 0.1) is 0 Å². The number of rotatable bonds is 8. The van der Waals surface area contributed by atoms with Crippen molar-refractivity contribution in [2.45, 2.75) is 32.0 Å². The van der Waals surface area contributed by atoms with Crippen LogP contribution in [0.25, 0.3) is 11.4 Å². The Labute approximate surface area is 139 Å². The minimum atomic E-state index is 0.00279. The monoisotopic (exact) mass is 338 g/mol. The van der Waals surface area contributed by atoms with Crippen LogP contribution in [-0.2, 0) is 18.4 Å². The molecule has 0 spiro atoms. The quantitative estimate of drug-likeness (QED) is 0.731. The molecule has 0 saturated carbocycles. The van der Waals surface area contributed by atoms with Gasteiger partial charge >= 0.3 is 0 Å². The summed E-state index contributed by atoms with van der Waals surface area (Å²) in [6.45, 7) is 5.42. The fraction of sp³-hybridized carbons (Fsp3) is 0.571. The number of thioether (sulfide) groups is 1. The highest BCUT2D eigenvalue weighted by molar-refractivity contribution is 7.99. The molecule has 2 rings (SSSR count). The van der Waals surface area contributed by atoms with E-state index < -0.39 is 0 Å². The summed E-state index contributed by atoms with van der Waals surface area (Å²) in [6.07, 6.45) is 2.77. The Balaban J connectivity index is 2.18. The molecular formula is C14H22N6O2S. The predicted octanol–water partition coefficient (Wildman–Crippen LogP) is 1.33. The first-order valence-corrected chi connectivity index (χ1v) is 8.49. The molecule has 1 amide bonds. The van der Waals surface area contributed by atoms with Gasteiger partial charge in [-0.15, -0.1) is 15.3 Å². The van der Waals surface area contributed by atoms with Gasteiger partial charge in [0.05, 0.1) is 12.9 Å². The molecule has 8 nitrogen and oxygen atoms in total. The Morgan fingerprint density at radius 2 is 2.17 bits per heavy atom. The Bertz CT molecular complexity index is 666. The molecule has 0 aliphatic rings. The number of hydrogen-bond donors (Lipinski definition) is 1. The number of carbonyl (C=O) groups is 1. The molecule has 0 aromatic carbocycles. The lowest BCUT2D eigenvalue weighted by atomic mass is 10.3. The van der Waals surface area contributed by atoms with Crippen molar-refractivity contribution in [1.82, 2.24) is 29.9 Å². The summed E-state index contributed by atoms with van der Waals surface area (Å²) in [7, 11) is 3.40. The highest BCUT2D eigenvalue weighted by Gasteiger charge is 2.19. The van der Waals surface area contributed by atoms with Gasteiger partial charge in [-0.2, -0.15) is 0 Å². The summed E-state index contributed by atoms with van der Waals surface area (Å²) in [6, 6.07) is 0. The highest BCUT2D eigenvalue weighted by atomic mass is 32.2. The van der Waals surface area contributed by atoms with Crippen LogP contribution >= 0.6 is 11.8 Å². The normalized spacial score (nSPS) is 10.8. The van der Waals surface area contributed by atoms with Gasteiger partial charge in [0.25, 0.3) is 0 Å². The van der Waals surface area contributed by atoms with E-state index in [2.05, 4.69) is 20.6 Å². The predicted molar refractivity (Wildman–Crippen MR) is 88.5 cm³/mol. The summed E-state index contributed by atoms with van der Waals surface area (Å²) >= 11 is 1.38. The van der Waals surface area contributed by atoms with Gasteiger partial charge in [0.1, 0.15) is 5.56 Å². The number of amides is 1. The second kappa shape index (κ2) is 8.00. The van der Waals surface area contributed by atoms with Gasteiger partial charge in [-0.25, -0.2) is 0 Å². The zero-order chi connectivity index (χ0) is 16.8. The van der Waals surface area contributed by atoms with Crippen molar-refractivity contribution in [1.29, 1.82) is 0 Å². The second-order valence-corrected chi connectivity index (χ2v) is 5.86. The van der Waals surface area contributed by atoms with Crippen LogP contribution in [0.5, 0.6) is 5.88 Å². The Morgan fingerprint density at radius 1 is 1.39 bits per heavy atom. The molecule has 23 heavy (non-hydrogen) atoms. The molecule has 2 heterocycles. The number of ether oxygens (including phenoxy) is 1. The van der Waals surface area contributed by atoms with E-state index in [1.165, 1.54) is 11.8 Å². The van der Waals surface area contributed by atoms with Crippen molar-refractivity contribution in [3.8, 4) is 17.3 Å².